The lowest BCUT2D eigenvalue weighted by Crippen LogP contribution is -2.27. The first-order chi connectivity index (χ1) is 14.1. The molecule has 0 amide bonds. The van der Waals surface area contributed by atoms with E-state index in [0.717, 1.165) is 25.7 Å². The fourth-order valence-electron chi connectivity index (χ4n) is 3.89. The number of benzene rings is 2. The number of carbonyl (C=O) groups excluding carboxylic acids is 1. The molecule has 1 aliphatic rings. The number of ether oxygens (including phenoxy) is 1. The Hall–Kier alpha value is -2.60. The van der Waals surface area contributed by atoms with Crippen LogP contribution in [0.5, 0.6) is 5.75 Å². The summed E-state index contributed by atoms with van der Waals surface area (Å²) in [6.45, 7) is 1.87. The molecule has 0 bridgehead atoms. The van der Waals surface area contributed by atoms with Gasteiger partial charge < -0.3 is 4.74 Å². The zero-order valence-corrected chi connectivity index (χ0v) is 17.4. The Morgan fingerprint density at radius 1 is 1.14 bits per heavy atom. The highest BCUT2D eigenvalue weighted by Gasteiger charge is 2.26. The van der Waals surface area contributed by atoms with Crippen molar-refractivity contribution in [1.82, 2.24) is 9.55 Å². The van der Waals surface area contributed by atoms with Gasteiger partial charge in [-0.1, -0.05) is 36.7 Å². The second kappa shape index (κ2) is 8.41. The summed E-state index contributed by atoms with van der Waals surface area (Å²) in [6.07, 6.45) is 4.20. The minimum atomic E-state index is -0.357. The molecule has 0 N–H and O–H groups in total. The van der Waals surface area contributed by atoms with Crippen LogP contribution < -0.4 is 10.3 Å². The summed E-state index contributed by atoms with van der Waals surface area (Å²) < 4.78 is 7.00. The molecule has 0 saturated heterocycles. The number of thioether (sulfide) groups is 1. The third-order valence-electron chi connectivity index (χ3n) is 5.49. The van der Waals surface area contributed by atoms with E-state index in [1.165, 1.54) is 11.8 Å². The first kappa shape index (κ1) is 19.7. The molecule has 1 fully saturated rings. The van der Waals surface area contributed by atoms with Gasteiger partial charge in [0.25, 0.3) is 5.56 Å². The molecule has 0 unspecified atom stereocenters. The van der Waals surface area contributed by atoms with Gasteiger partial charge in [0, 0.05) is 11.6 Å². The molecule has 0 aliphatic heterocycles. The largest absolute Gasteiger partial charge is 0.497 e. The number of ketones is 1. The molecule has 1 aliphatic carbocycles. The van der Waals surface area contributed by atoms with Crippen molar-refractivity contribution >= 4 is 28.4 Å². The van der Waals surface area contributed by atoms with E-state index in [-0.39, 0.29) is 22.6 Å². The lowest BCUT2D eigenvalue weighted by Gasteiger charge is -2.20. The van der Waals surface area contributed by atoms with Crippen LogP contribution in [0.3, 0.4) is 0 Å². The van der Waals surface area contributed by atoms with Gasteiger partial charge in [-0.25, -0.2) is 4.98 Å². The second-order valence-electron chi connectivity index (χ2n) is 7.38. The van der Waals surface area contributed by atoms with E-state index in [9.17, 15) is 9.59 Å². The summed E-state index contributed by atoms with van der Waals surface area (Å²) in [6, 6.07) is 14.7. The molecule has 29 heavy (non-hydrogen) atoms. The fourth-order valence-corrected chi connectivity index (χ4v) is 4.95. The van der Waals surface area contributed by atoms with Crippen LogP contribution in [0.25, 0.3) is 10.9 Å². The van der Waals surface area contributed by atoms with E-state index in [1.807, 2.05) is 35.8 Å². The third kappa shape index (κ3) is 3.94. The average molecular weight is 409 g/mol. The summed E-state index contributed by atoms with van der Waals surface area (Å²) in [5, 5.41) is 0.914. The van der Waals surface area contributed by atoms with E-state index in [0.29, 0.717) is 27.4 Å². The third-order valence-corrected chi connectivity index (χ3v) is 6.56. The quantitative estimate of drug-likeness (QED) is 0.330. The van der Waals surface area contributed by atoms with Crippen LogP contribution in [0.1, 0.15) is 49.0 Å². The number of methoxy groups -OCH3 is 1. The SMILES string of the molecule is COc1ccc(C(=O)[C@H](C)Sc2nc3ccccc3c(=O)n2C2CCCC2)cc1. The maximum absolute atomic E-state index is 13.2. The summed E-state index contributed by atoms with van der Waals surface area (Å²) in [5.41, 5.74) is 1.30. The van der Waals surface area contributed by atoms with Crippen molar-refractivity contribution in [3.63, 3.8) is 0 Å². The van der Waals surface area contributed by atoms with Gasteiger partial charge in [0.15, 0.2) is 10.9 Å². The highest BCUT2D eigenvalue weighted by Crippen LogP contribution is 2.34. The molecular formula is C23H24N2O3S. The zero-order valence-electron chi connectivity index (χ0n) is 16.6. The molecule has 1 heterocycles. The maximum atomic E-state index is 13.2. The Morgan fingerprint density at radius 2 is 1.83 bits per heavy atom. The smallest absolute Gasteiger partial charge is 0.262 e. The summed E-state index contributed by atoms with van der Waals surface area (Å²) in [5.74, 6) is 0.728. The van der Waals surface area contributed by atoms with Crippen molar-refractivity contribution in [2.75, 3.05) is 7.11 Å². The number of hydrogen-bond acceptors (Lipinski definition) is 5. The number of fused-ring (bicyclic) bond motifs is 1. The van der Waals surface area contributed by atoms with Crippen LogP contribution >= 0.6 is 11.8 Å². The van der Waals surface area contributed by atoms with Gasteiger partial charge in [0.2, 0.25) is 0 Å². The number of nitrogens with zero attached hydrogens (tertiary/aromatic N) is 2. The number of para-hydroxylation sites is 1. The molecule has 1 aromatic heterocycles. The molecule has 6 heteroatoms. The first-order valence-electron chi connectivity index (χ1n) is 9.94. The topological polar surface area (TPSA) is 61.2 Å². The van der Waals surface area contributed by atoms with Crippen LogP contribution in [-0.4, -0.2) is 27.7 Å². The lowest BCUT2D eigenvalue weighted by atomic mass is 10.1. The van der Waals surface area contributed by atoms with Gasteiger partial charge in [-0.3, -0.25) is 14.2 Å². The first-order valence-corrected chi connectivity index (χ1v) is 10.8. The number of Topliss-reactive ketones (excluding diaryl/α,β-unsaturated/α-hetero) is 1. The van der Waals surface area contributed by atoms with Crippen molar-refractivity contribution in [2.45, 2.75) is 49.1 Å². The minimum Gasteiger partial charge on any atom is -0.497 e. The Balaban J connectivity index is 1.69. The molecule has 1 saturated carbocycles. The van der Waals surface area contributed by atoms with Crippen molar-refractivity contribution in [3.05, 3.63) is 64.4 Å². The molecule has 2 aromatic carbocycles. The number of carbonyl (C=O) groups is 1. The van der Waals surface area contributed by atoms with Crippen molar-refractivity contribution < 1.29 is 9.53 Å². The summed E-state index contributed by atoms with van der Waals surface area (Å²) in [4.78, 5) is 31.0. The number of aromatic nitrogens is 2. The molecule has 4 rings (SSSR count). The Kier molecular flexibility index (Phi) is 5.72. The van der Waals surface area contributed by atoms with Gasteiger partial charge in [-0.15, -0.1) is 0 Å². The Bertz CT molecular complexity index is 1090. The van der Waals surface area contributed by atoms with E-state index < -0.39 is 0 Å². The summed E-state index contributed by atoms with van der Waals surface area (Å²) >= 11 is 1.37. The van der Waals surface area contributed by atoms with Gasteiger partial charge in [-0.05, 0) is 56.2 Å². The second-order valence-corrected chi connectivity index (χ2v) is 8.69. The maximum Gasteiger partial charge on any atom is 0.262 e. The molecule has 1 atom stereocenters. The molecule has 5 nitrogen and oxygen atoms in total. The van der Waals surface area contributed by atoms with Crippen LogP contribution in [0.2, 0.25) is 0 Å². The molecule has 3 aromatic rings. The molecule has 0 radical (unpaired) electrons. The Morgan fingerprint density at radius 3 is 2.52 bits per heavy atom. The number of hydrogen-bond donors (Lipinski definition) is 0. The van der Waals surface area contributed by atoms with Gasteiger partial charge in [-0.2, -0.15) is 0 Å². The van der Waals surface area contributed by atoms with E-state index in [4.69, 9.17) is 9.72 Å². The predicted molar refractivity (Wildman–Crippen MR) is 116 cm³/mol. The number of rotatable bonds is 6. The minimum absolute atomic E-state index is 0.00547. The predicted octanol–water partition coefficient (Wildman–Crippen LogP) is 4.88. The molecular weight excluding hydrogens is 384 g/mol. The average Bonchev–Trinajstić information content (AvgIpc) is 3.27. The normalized spacial score (nSPS) is 15.5. The lowest BCUT2D eigenvalue weighted by molar-refractivity contribution is 0.0993. The van der Waals surface area contributed by atoms with Crippen LogP contribution in [0.4, 0.5) is 0 Å². The molecule has 0 spiro atoms. The van der Waals surface area contributed by atoms with Crippen LogP contribution in [0, 0.1) is 0 Å². The zero-order chi connectivity index (χ0) is 20.4. The Labute approximate surface area is 174 Å². The summed E-state index contributed by atoms with van der Waals surface area (Å²) in [7, 11) is 1.60. The van der Waals surface area contributed by atoms with Crippen molar-refractivity contribution in [3.8, 4) is 5.75 Å². The van der Waals surface area contributed by atoms with Crippen molar-refractivity contribution in [1.29, 1.82) is 0 Å². The van der Waals surface area contributed by atoms with Crippen molar-refractivity contribution in [2.24, 2.45) is 0 Å². The van der Waals surface area contributed by atoms with Crippen LogP contribution in [-0.2, 0) is 0 Å². The van der Waals surface area contributed by atoms with E-state index in [2.05, 4.69) is 0 Å². The van der Waals surface area contributed by atoms with Gasteiger partial charge >= 0.3 is 0 Å². The monoisotopic (exact) mass is 408 g/mol. The van der Waals surface area contributed by atoms with E-state index in [1.54, 1.807) is 31.4 Å². The van der Waals surface area contributed by atoms with Gasteiger partial charge in [0.1, 0.15) is 5.75 Å². The molecule has 150 valence electrons. The van der Waals surface area contributed by atoms with Gasteiger partial charge in [0.05, 0.1) is 23.3 Å². The standard InChI is InChI=1S/C23H24N2O3S/c1-15(21(26)16-11-13-18(28-2)14-12-16)29-23-24-20-10-6-5-9-19(20)22(27)25(23)17-7-3-4-8-17/h5-6,9-15,17H,3-4,7-8H2,1-2H3/t15-/m0/s1. The van der Waals surface area contributed by atoms with Crippen LogP contribution in [0.15, 0.2) is 58.5 Å². The van der Waals surface area contributed by atoms with E-state index >= 15 is 0 Å². The highest BCUT2D eigenvalue weighted by atomic mass is 32.2. The fraction of sp³-hybridized carbons (Fsp3) is 0.348. The highest BCUT2D eigenvalue weighted by molar-refractivity contribution is 8.00.